The number of thiazole rings is 1. The Balaban J connectivity index is 1.46. The number of aromatic nitrogens is 3. The van der Waals surface area contributed by atoms with Crippen LogP contribution in [-0.2, 0) is 0 Å². The minimum absolute atomic E-state index is 0.520. The zero-order chi connectivity index (χ0) is 18.6. The van der Waals surface area contributed by atoms with Gasteiger partial charge in [0.05, 0.1) is 10.2 Å². The van der Waals surface area contributed by atoms with E-state index in [1.165, 1.54) is 37.6 Å². The number of fused-ring (bicyclic) bond motifs is 1. The first-order valence-electron chi connectivity index (χ1n) is 9.36. The summed E-state index contributed by atoms with van der Waals surface area (Å²) in [6, 6.07) is 6.18. The number of rotatable bonds is 6. The number of para-hydroxylation sites is 1. The van der Waals surface area contributed by atoms with Gasteiger partial charge in [-0.05, 0) is 50.7 Å². The van der Waals surface area contributed by atoms with Crippen molar-refractivity contribution in [3.05, 3.63) is 41.7 Å². The number of allylic oxidation sites excluding steroid dienone is 1. The van der Waals surface area contributed by atoms with Crippen LogP contribution in [-0.4, -0.2) is 21.5 Å². The number of benzene rings is 1. The topological polar surface area (TPSA) is 88.8 Å². The number of hydrogen-bond acceptors (Lipinski definition) is 7. The fourth-order valence-corrected chi connectivity index (χ4v) is 4.29. The van der Waals surface area contributed by atoms with Crippen molar-refractivity contribution in [2.45, 2.75) is 39.0 Å². The van der Waals surface area contributed by atoms with E-state index in [1.54, 1.807) is 11.3 Å². The molecular weight excluding hydrogens is 356 g/mol. The van der Waals surface area contributed by atoms with Crippen molar-refractivity contribution in [1.82, 2.24) is 15.0 Å². The third kappa shape index (κ3) is 4.03. The molecule has 2 aromatic heterocycles. The molecule has 1 aliphatic carbocycles. The summed E-state index contributed by atoms with van der Waals surface area (Å²) in [4.78, 5) is 13.3. The van der Waals surface area contributed by atoms with Gasteiger partial charge in [0.1, 0.15) is 12.0 Å². The molecule has 7 heteroatoms. The van der Waals surface area contributed by atoms with Crippen molar-refractivity contribution in [2.24, 2.45) is 0 Å². The molecule has 0 atom stereocenters. The summed E-state index contributed by atoms with van der Waals surface area (Å²) < 4.78 is 1.14. The molecule has 0 radical (unpaired) electrons. The number of anilines is 4. The van der Waals surface area contributed by atoms with Crippen molar-refractivity contribution < 1.29 is 0 Å². The maximum atomic E-state index is 6.29. The Hall–Kier alpha value is -2.67. The quantitative estimate of drug-likeness (QED) is 0.520. The molecule has 1 aromatic carbocycles. The van der Waals surface area contributed by atoms with Crippen molar-refractivity contribution in [2.75, 3.05) is 22.9 Å². The summed E-state index contributed by atoms with van der Waals surface area (Å²) >= 11 is 1.59. The molecule has 0 fully saturated rings. The van der Waals surface area contributed by atoms with Gasteiger partial charge in [-0.25, -0.2) is 15.0 Å². The molecule has 2 heterocycles. The summed E-state index contributed by atoms with van der Waals surface area (Å²) in [7, 11) is 0. The highest BCUT2D eigenvalue weighted by molar-refractivity contribution is 7.22. The molecule has 0 saturated carbocycles. The van der Waals surface area contributed by atoms with E-state index < -0.39 is 0 Å². The average Bonchev–Trinajstić information content (AvgIpc) is 3.10. The van der Waals surface area contributed by atoms with Gasteiger partial charge in [-0.2, -0.15) is 0 Å². The fraction of sp³-hybridized carbons (Fsp3) is 0.350. The van der Waals surface area contributed by atoms with Gasteiger partial charge in [0.2, 0.25) is 0 Å². The van der Waals surface area contributed by atoms with E-state index in [0.717, 1.165) is 33.9 Å². The molecule has 3 aromatic rings. The molecule has 0 amide bonds. The molecule has 4 rings (SSSR count). The number of nitrogens with two attached hydrogens (primary N) is 1. The maximum absolute atomic E-state index is 6.29. The monoisotopic (exact) mass is 380 g/mol. The van der Waals surface area contributed by atoms with E-state index in [4.69, 9.17) is 5.73 Å². The molecule has 27 heavy (non-hydrogen) atoms. The first-order chi connectivity index (χ1) is 13.2. The number of nitrogens with one attached hydrogen (secondary N) is 2. The van der Waals surface area contributed by atoms with Gasteiger partial charge in [-0.3, -0.25) is 0 Å². The Labute approximate surface area is 162 Å². The Morgan fingerprint density at radius 2 is 2.07 bits per heavy atom. The number of aryl methyl sites for hydroxylation is 1. The highest BCUT2D eigenvalue weighted by Gasteiger charge is 2.12. The highest BCUT2D eigenvalue weighted by atomic mass is 32.1. The number of hydrogen-bond donors (Lipinski definition) is 3. The third-order valence-electron chi connectivity index (χ3n) is 4.85. The average molecular weight is 381 g/mol. The first kappa shape index (κ1) is 17.7. The lowest BCUT2D eigenvalue weighted by atomic mass is 9.97. The van der Waals surface area contributed by atoms with Gasteiger partial charge in [-0.1, -0.05) is 35.1 Å². The summed E-state index contributed by atoms with van der Waals surface area (Å²) in [6.45, 7) is 2.89. The maximum Gasteiger partial charge on any atom is 0.189 e. The van der Waals surface area contributed by atoms with Crippen molar-refractivity contribution in [3.63, 3.8) is 0 Å². The van der Waals surface area contributed by atoms with Crippen molar-refractivity contribution in [3.8, 4) is 0 Å². The van der Waals surface area contributed by atoms with Gasteiger partial charge < -0.3 is 16.4 Å². The normalized spacial score (nSPS) is 14.2. The molecule has 4 N–H and O–H groups in total. The molecular formula is C20H24N6S. The minimum Gasteiger partial charge on any atom is -0.393 e. The smallest absolute Gasteiger partial charge is 0.189 e. The van der Waals surface area contributed by atoms with Crippen LogP contribution >= 0.6 is 11.3 Å². The summed E-state index contributed by atoms with van der Waals surface area (Å²) in [5.74, 6) is 1.25. The minimum atomic E-state index is 0.520. The van der Waals surface area contributed by atoms with E-state index in [0.29, 0.717) is 17.3 Å². The van der Waals surface area contributed by atoms with Crippen LogP contribution in [0.4, 0.5) is 22.5 Å². The second-order valence-corrected chi connectivity index (χ2v) is 7.87. The molecule has 1 aliphatic rings. The summed E-state index contributed by atoms with van der Waals surface area (Å²) in [5.41, 5.74) is 10.5. The van der Waals surface area contributed by atoms with Gasteiger partial charge in [0.15, 0.2) is 16.8 Å². The molecule has 0 spiro atoms. The van der Waals surface area contributed by atoms with Gasteiger partial charge in [0, 0.05) is 6.54 Å². The second-order valence-electron chi connectivity index (χ2n) is 6.84. The highest BCUT2D eigenvalue weighted by Crippen LogP contribution is 2.32. The molecule has 0 saturated heterocycles. The van der Waals surface area contributed by atoms with Gasteiger partial charge in [0.25, 0.3) is 0 Å². The Kier molecular flexibility index (Phi) is 5.20. The predicted octanol–water partition coefficient (Wildman–Crippen LogP) is 5.02. The second kappa shape index (κ2) is 7.92. The zero-order valence-corrected chi connectivity index (χ0v) is 16.3. The first-order valence-corrected chi connectivity index (χ1v) is 10.2. The van der Waals surface area contributed by atoms with E-state index in [2.05, 4.69) is 50.7 Å². The lowest BCUT2D eigenvalue weighted by molar-refractivity contribution is 0.679. The van der Waals surface area contributed by atoms with Gasteiger partial charge in [-0.15, -0.1) is 0 Å². The SMILES string of the molecule is Cc1cccc2sc(Nc3ncnc(NCCC4=CCCCC4)c3N)nc12. The predicted molar refractivity (Wildman–Crippen MR) is 114 cm³/mol. The van der Waals surface area contributed by atoms with Crippen molar-refractivity contribution in [1.29, 1.82) is 0 Å². The Morgan fingerprint density at radius 1 is 1.19 bits per heavy atom. The van der Waals surface area contributed by atoms with Crippen LogP contribution in [0.2, 0.25) is 0 Å². The fourth-order valence-electron chi connectivity index (χ4n) is 3.35. The standard InChI is InChI=1S/C20H24N6S/c1-13-6-5-9-15-17(13)25-20(27-15)26-19-16(21)18(23-12-24-19)22-11-10-14-7-3-2-4-8-14/h5-7,9,12H,2-4,8,10-11,21H2,1H3,(H2,22,23,24,25,26). The Morgan fingerprint density at radius 3 is 2.89 bits per heavy atom. The van der Waals surface area contributed by atoms with E-state index >= 15 is 0 Å². The molecule has 6 nitrogen and oxygen atoms in total. The van der Waals surface area contributed by atoms with Crippen molar-refractivity contribution >= 4 is 44.0 Å². The lowest BCUT2D eigenvalue weighted by Crippen LogP contribution is -2.10. The van der Waals surface area contributed by atoms with E-state index in [9.17, 15) is 0 Å². The number of nitrogen functional groups attached to an aromatic ring is 1. The summed E-state index contributed by atoms with van der Waals surface area (Å²) in [5, 5.41) is 7.38. The zero-order valence-electron chi connectivity index (χ0n) is 15.5. The van der Waals surface area contributed by atoms with Crippen LogP contribution < -0.4 is 16.4 Å². The molecule has 0 bridgehead atoms. The number of nitrogens with zero attached hydrogens (tertiary/aromatic N) is 3. The van der Waals surface area contributed by atoms with E-state index in [1.807, 2.05) is 6.07 Å². The summed E-state index contributed by atoms with van der Waals surface area (Å²) in [6.07, 6.45) is 9.97. The lowest BCUT2D eigenvalue weighted by Gasteiger charge is -2.14. The Bertz CT molecular complexity index is 978. The van der Waals surface area contributed by atoms with Crippen LogP contribution in [0.1, 0.15) is 37.7 Å². The largest absolute Gasteiger partial charge is 0.393 e. The molecule has 0 aliphatic heterocycles. The molecule has 140 valence electrons. The van der Waals surface area contributed by atoms with Crippen LogP contribution in [0.3, 0.4) is 0 Å². The van der Waals surface area contributed by atoms with E-state index in [-0.39, 0.29) is 0 Å². The van der Waals surface area contributed by atoms with Gasteiger partial charge >= 0.3 is 0 Å². The third-order valence-corrected chi connectivity index (χ3v) is 5.79. The molecule has 0 unspecified atom stereocenters. The van der Waals surface area contributed by atoms with Crippen LogP contribution in [0.5, 0.6) is 0 Å². The van der Waals surface area contributed by atoms with Crippen LogP contribution in [0, 0.1) is 6.92 Å². The van der Waals surface area contributed by atoms with Crippen LogP contribution in [0.15, 0.2) is 36.2 Å². The van der Waals surface area contributed by atoms with Crippen LogP contribution in [0.25, 0.3) is 10.2 Å².